The molecule has 0 bridgehead atoms. The number of ether oxygens (including phenoxy) is 1. The third-order valence-electron chi connectivity index (χ3n) is 1.67. The molecule has 0 saturated carbocycles. The number of primary amides is 1. The number of rotatable bonds is 6. The van der Waals surface area contributed by atoms with Gasteiger partial charge in [-0.1, -0.05) is 0 Å². The lowest BCUT2D eigenvalue weighted by Crippen LogP contribution is -2.19. The van der Waals surface area contributed by atoms with E-state index in [1.165, 1.54) is 17.1 Å². The van der Waals surface area contributed by atoms with Crippen molar-refractivity contribution < 1.29 is 14.3 Å². The van der Waals surface area contributed by atoms with Crippen molar-refractivity contribution in [3.63, 3.8) is 0 Å². The minimum absolute atomic E-state index is 0.00248. The highest BCUT2D eigenvalue weighted by molar-refractivity contribution is 5.91. The summed E-state index contributed by atoms with van der Waals surface area (Å²) in [7, 11) is 0. The van der Waals surface area contributed by atoms with Gasteiger partial charge in [0.25, 0.3) is 0 Å². The molecule has 0 saturated heterocycles. The van der Waals surface area contributed by atoms with E-state index in [1.807, 2.05) is 0 Å². The molecular weight excluding hydrogens is 212 g/mol. The first kappa shape index (κ1) is 12.2. The molecule has 0 aliphatic rings. The van der Waals surface area contributed by atoms with Gasteiger partial charge in [-0.05, 0) is 6.92 Å². The molecule has 0 spiro atoms. The molecule has 0 fully saturated rings. The molecule has 1 aromatic rings. The predicted octanol–water partition coefficient (Wildman–Crippen LogP) is -0.657. The van der Waals surface area contributed by atoms with Crippen molar-refractivity contribution in [2.24, 2.45) is 5.73 Å². The zero-order valence-corrected chi connectivity index (χ0v) is 8.97. The van der Waals surface area contributed by atoms with E-state index in [-0.39, 0.29) is 19.1 Å². The average molecular weight is 226 g/mol. The van der Waals surface area contributed by atoms with E-state index >= 15 is 0 Å². The van der Waals surface area contributed by atoms with Crippen molar-refractivity contribution in [1.82, 2.24) is 9.78 Å². The van der Waals surface area contributed by atoms with Crippen LogP contribution < -0.4 is 11.1 Å². The molecule has 0 unspecified atom stereocenters. The van der Waals surface area contributed by atoms with Crippen LogP contribution in [0.3, 0.4) is 0 Å². The van der Waals surface area contributed by atoms with Crippen LogP contribution in [0, 0.1) is 0 Å². The summed E-state index contributed by atoms with van der Waals surface area (Å²) in [5, 5.41) is 6.42. The number of nitrogens with zero attached hydrogens (tertiary/aromatic N) is 2. The normalized spacial score (nSPS) is 10.1. The van der Waals surface area contributed by atoms with Crippen LogP contribution in [0.2, 0.25) is 0 Å². The zero-order valence-electron chi connectivity index (χ0n) is 8.97. The summed E-state index contributed by atoms with van der Waals surface area (Å²) in [5.41, 5.74) is 5.50. The number of carbonyl (C=O) groups excluding carboxylic acids is 2. The average Bonchev–Trinajstić information content (AvgIpc) is 2.61. The summed E-state index contributed by atoms with van der Waals surface area (Å²) >= 11 is 0. The summed E-state index contributed by atoms with van der Waals surface area (Å²) < 4.78 is 6.27. The van der Waals surface area contributed by atoms with Gasteiger partial charge in [0.15, 0.2) is 0 Å². The van der Waals surface area contributed by atoms with E-state index < -0.39 is 5.91 Å². The Morgan fingerprint density at radius 1 is 1.62 bits per heavy atom. The molecule has 7 nitrogen and oxygen atoms in total. The molecule has 1 rings (SSSR count). The van der Waals surface area contributed by atoms with Crippen LogP contribution in [0.25, 0.3) is 0 Å². The minimum atomic E-state index is -0.490. The van der Waals surface area contributed by atoms with Crippen LogP contribution >= 0.6 is 0 Å². The van der Waals surface area contributed by atoms with Crippen molar-refractivity contribution in [3.8, 4) is 0 Å². The Hall–Kier alpha value is -1.89. The maximum absolute atomic E-state index is 11.2. The third kappa shape index (κ3) is 4.09. The van der Waals surface area contributed by atoms with Crippen molar-refractivity contribution in [1.29, 1.82) is 0 Å². The summed E-state index contributed by atoms with van der Waals surface area (Å²) in [6.07, 6.45) is 2.96. The van der Waals surface area contributed by atoms with Crippen LogP contribution in [0.5, 0.6) is 0 Å². The van der Waals surface area contributed by atoms with Crippen molar-refractivity contribution in [3.05, 3.63) is 12.4 Å². The Morgan fingerprint density at radius 3 is 3.00 bits per heavy atom. The third-order valence-corrected chi connectivity index (χ3v) is 1.67. The Bertz CT molecular complexity index is 375. The second-order valence-electron chi connectivity index (χ2n) is 3.08. The number of hydrogen-bond acceptors (Lipinski definition) is 4. The van der Waals surface area contributed by atoms with Gasteiger partial charge in [0.05, 0.1) is 11.9 Å². The molecule has 7 heteroatoms. The zero-order chi connectivity index (χ0) is 12.0. The monoisotopic (exact) mass is 226 g/mol. The molecule has 0 atom stereocenters. The van der Waals surface area contributed by atoms with Crippen LogP contribution in [0.4, 0.5) is 5.69 Å². The van der Waals surface area contributed by atoms with E-state index in [9.17, 15) is 9.59 Å². The number of amides is 2. The Labute approximate surface area is 92.6 Å². The Kier molecular flexibility index (Phi) is 4.46. The minimum Gasteiger partial charge on any atom is -0.372 e. The molecule has 0 aliphatic heterocycles. The van der Waals surface area contributed by atoms with Crippen LogP contribution in [-0.2, 0) is 20.9 Å². The number of nitrogens with one attached hydrogen (secondary N) is 1. The summed E-state index contributed by atoms with van der Waals surface area (Å²) in [5.74, 6) is -0.754. The maximum Gasteiger partial charge on any atom is 0.250 e. The van der Waals surface area contributed by atoms with E-state index in [0.29, 0.717) is 12.3 Å². The van der Waals surface area contributed by atoms with Gasteiger partial charge < -0.3 is 15.8 Å². The van der Waals surface area contributed by atoms with Gasteiger partial charge in [-0.3, -0.25) is 14.3 Å². The van der Waals surface area contributed by atoms with Gasteiger partial charge in [-0.2, -0.15) is 5.10 Å². The van der Waals surface area contributed by atoms with Crippen LogP contribution in [0.1, 0.15) is 6.92 Å². The van der Waals surface area contributed by atoms with Crippen molar-refractivity contribution >= 4 is 17.5 Å². The smallest absolute Gasteiger partial charge is 0.250 e. The molecule has 1 heterocycles. The van der Waals surface area contributed by atoms with E-state index in [2.05, 4.69) is 10.4 Å². The fourth-order valence-electron chi connectivity index (χ4n) is 1.07. The fourth-order valence-corrected chi connectivity index (χ4v) is 1.07. The Morgan fingerprint density at radius 2 is 2.38 bits per heavy atom. The molecule has 2 amide bonds. The van der Waals surface area contributed by atoms with Gasteiger partial charge in [0.2, 0.25) is 11.8 Å². The lowest BCUT2D eigenvalue weighted by molar-refractivity contribution is -0.120. The molecule has 88 valence electrons. The van der Waals surface area contributed by atoms with Crippen LogP contribution in [-0.4, -0.2) is 34.8 Å². The van der Waals surface area contributed by atoms with Crippen molar-refractivity contribution in [2.75, 3.05) is 18.5 Å². The summed E-state index contributed by atoms with van der Waals surface area (Å²) in [6, 6.07) is 0. The van der Waals surface area contributed by atoms with Crippen LogP contribution in [0.15, 0.2) is 12.4 Å². The number of carbonyl (C=O) groups is 2. The second-order valence-corrected chi connectivity index (χ2v) is 3.08. The molecule has 3 N–H and O–H groups in total. The van der Waals surface area contributed by atoms with Gasteiger partial charge in [0, 0.05) is 12.8 Å². The number of nitrogens with two attached hydrogens (primary N) is 1. The molecular formula is C9H14N4O3. The first-order valence-corrected chi connectivity index (χ1v) is 4.80. The second kappa shape index (κ2) is 5.86. The highest BCUT2D eigenvalue weighted by Crippen LogP contribution is 2.04. The van der Waals surface area contributed by atoms with E-state index in [0.717, 1.165) is 0 Å². The molecule has 0 aliphatic carbocycles. The highest BCUT2D eigenvalue weighted by Gasteiger charge is 2.05. The first-order valence-electron chi connectivity index (χ1n) is 4.80. The lowest BCUT2D eigenvalue weighted by atomic mass is 10.5. The quantitative estimate of drug-likeness (QED) is 0.672. The van der Waals surface area contributed by atoms with E-state index in [4.69, 9.17) is 10.5 Å². The predicted molar refractivity (Wildman–Crippen MR) is 56.5 cm³/mol. The summed E-state index contributed by atoms with van der Waals surface area (Å²) in [4.78, 5) is 21.8. The standard InChI is InChI=1S/C9H14N4O3/c1-2-16-6-9(15)12-7-3-11-13(4-7)5-8(10)14/h3-4H,2,5-6H2,1H3,(H2,10,14)(H,12,15). The maximum atomic E-state index is 11.2. The van der Waals surface area contributed by atoms with E-state index in [1.54, 1.807) is 6.92 Å². The fraction of sp³-hybridized carbons (Fsp3) is 0.444. The molecule has 0 radical (unpaired) electrons. The largest absolute Gasteiger partial charge is 0.372 e. The SMILES string of the molecule is CCOCC(=O)Nc1cnn(CC(N)=O)c1. The molecule has 0 aromatic carbocycles. The Balaban J connectivity index is 2.45. The molecule has 16 heavy (non-hydrogen) atoms. The lowest BCUT2D eigenvalue weighted by Gasteiger charge is -2.01. The topological polar surface area (TPSA) is 99.2 Å². The number of anilines is 1. The highest BCUT2D eigenvalue weighted by atomic mass is 16.5. The summed E-state index contributed by atoms with van der Waals surface area (Å²) in [6.45, 7) is 2.27. The van der Waals surface area contributed by atoms with Gasteiger partial charge >= 0.3 is 0 Å². The van der Waals surface area contributed by atoms with Gasteiger partial charge in [-0.15, -0.1) is 0 Å². The first-order chi connectivity index (χ1) is 7.61. The van der Waals surface area contributed by atoms with Gasteiger partial charge in [-0.25, -0.2) is 0 Å². The molecule has 1 aromatic heterocycles. The number of hydrogen-bond donors (Lipinski definition) is 2. The van der Waals surface area contributed by atoms with Gasteiger partial charge in [0.1, 0.15) is 13.2 Å². The number of aromatic nitrogens is 2. The van der Waals surface area contributed by atoms with Crippen molar-refractivity contribution in [2.45, 2.75) is 13.5 Å².